The molecule has 0 spiro atoms. The van der Waals surface area contributed by atoms with Gasteiger partial charge in [-0.05, 0) is 55.2 Å². The maximum Gasteiger partial charge on any atom is 0.262 e. The highest BCUT2D eigenvalue weighted by atomic mass is 32.2. The zero-order valence-corrected chi connectivity index (χ0v) is 17.0. The minimum Gasteiger partial charge on any atom is -0.324 e. The van der Waals surface area contributed by atoms with Crippen LogP contribution in [0.4, 0.5) is 5.69 Å². The quantitative estimate of drug-likeness (QED) is 0.675. The maximum absolute atomic E-state index is 13.0. The molecule has 0 fully saturated rings. The second kappa shape index (κ2) is 7.48. The molecule has 140 valence electrons. The normalized spacial score (nSPS) is 16.3. The number of nitrogens with zero attached hydrogens (tertiary/aromatic N) is 2. The Bertz CT molecular complexity index is 1070. The summed E-state index contributed by atoms with van der Waals surface area (Å²) < 4.78 is 1.42. The lowest BCUT2D eigenvalue weighted by Crippen LogP contribution is -2.28. The van der Waals surface area contributed by atoms with Crippen LogP contribution in [0, 0.1) is 5.92 Å². The first-order valence-corrected chi connectivity index (χ1v) is 11.0. The Morgan fingerprint density at radius 3 is 3.11 bits per heavy atom. The second-order valence-electron chi connectivity index (χ2n) is 6.99. The predicted octanol–water partition coefficient (Wildman–Crippen LogP) is 3.94. The van der Waals surface area contributed by atoms with Crippen molar-refractivity contribution in [3.8, 4) is 0 Å². The van der Waals surface area contributed by atoms with Crippen LogP contribution in [0.1, 0.15) is 23.8 Å². The lowest BCUT2D eigenvalue weighted by atomic mass is 9.89. The van der Waals surface area contributed by atoms with Crippen LogP contribution in [0.25, 0.3) is 10.2 Å². The van der Waals surface area contributed by atoms with Gasteiger partial charge in [0.2, 0.25) is 5.91 Å². The highest BCUT2D eigenvalue weighted by Crippen LogP contribution is 2.35. The predicted molar refractivity (Wildman–Crippen MR) is 112 cm³/mol. The number of hydrogen-bond acceptors (Lipinski definition) is 5. The largest absolute Gasteiger partial charge is 0.324 e. The van der Waals surface area contributed by atoms with Gasteiger partial charge in [-0.25, -0.2) is 4.98 Å². The Balaban J connectivity index is 1.59. The van der Waals surface area contributed by atoms with E-state index >= 15 is 0 Å². The first-order valence-electron chi connectivity index (χ1n) is 8.98. The molecule has 3 aromatic rings. The van der Waals surface area contributed by atoms with Crippen LogP contribution in [-0.2, 0) is 24.2 Å². The van der Waals surface area contributed by atoms with Crippen molar-refractivity contribution in [3.63, 3.8) is 0 Å². The lowest BCUT2D eigenvalue weighted by Gasteiger charge is -2.17. The molecule has 0 unspecified atom stereocenters. The molecule has 27 heavy (non-hydrogen) atoms. The third-order valence-corrected chi connectivity index (χ3v) is 6.84. The van der Waals surface area contributed by atoms with E-state index in [1.54, 1.807) is 23.1 Å². The maximum atomic E-state index is 13.0. The minimum absolute atomic E-state index is 0.0354. The van der Waals surface area contributed by atoms with Crippen LogP contribution in [0.2, 0.25) is 0 Å². The topological polar surface area (TPSA) is 64.0 Å². The third kappa shape index (κ3) is 3.66. The number of carbonyl (C=O) groups is 1. The molecule has 0 saturated carbocycles. The molecule has 1 atom stereocenters. The molecule has 1 aromatic carbocycles. The molecule has 1 amide bonds. The molecule has 0 bridgehead atoms. The van der Waals surface area contributed by atoms with Crippen LogP contribution in [0.15, 0.2) is 40.3 Å². The van der Waals surface area contributed by atoms with E-state index in [1.807, 2.05) is 30.5 Å². The summed E-state index contributed by atoms with van der Waals surface area (Å²) in [6, 6.07) is 7.66. The van der Waals surface area contributed by atoms with Crippen LogP contribution in [-0.4, -0.2) is 21.7 Å². The Morgan fingerprint density at radius 1 is 1.44 bits per heavy atom. The van der Waals surface area contributed by atoms with Crippen molar-refractivity contribution >= 4 is 44.9 Å². The summed E-state index contributed by atoms with van der Waals surface area (Å²) in [6.07, 6.45) is 6.52. The minimum atomic E-state index is -0.228. The van der Waals surface area contributed by atoms with Gasteiger partial charge in [-0.3, -0.25) is 14.2 Å². The molecule has 2 heterocycles. The standard InChI is InChI=1S/C20H21N3O2S2/c1-12-6-7-15-16(8-12)27-19-18(15)20(25)23(11-21-19)10-17(24)22-13-4-3-5-14(9-13)26-2/h3-5,9,11-12H,6-8,10H2,1-2H3,(H,22,24)/t12-/m0/s1. The van der Waals surface area contributed by atoms with Gasteiger partial charge in [-0.2, -0.15) is 0 Å². The van der Waals surface area contributed by atoms with Gasteiger partial charge in [-0.1, -0.05) is 13.0 Å². The summed E-state index contributed by atoms with van der Waals surface area (Å²) in [7, 11) is 0. The monoisotopic (exact) mass is 399 g/mol. The number of carbonyl (C=O) groups excluding carboxylic acids is 1. The highest BCUT2D eigenvalue weighted by Gasteiger charge is 2.23. The molecular formula is C20H21N3O2S2. The van der Waals surface area contributed by atoms with Crippen molar-refractivity contribution in [2.45, 2.75) is 37.6 Å². The number of hydrogen-bond donors (Lipinski definition) is 1. The lowest BCUT2D eigenvalue weighted by molar-refractivity contribution is -0.116. The van der Waals surface area contributed by atoms with Gasteiger partial charge in [0.15, 0.2) is 0 Å². The average Bonchev–Trinajstić information content (AvgIpc) is 3.02. The summed E-state index contributed by atoms with van der Waals surface area (Å²) >= 11 is 3.24. The zero-order valence-electron chi connectivity index (χ0n) is 15.3. The molecule has 4 rings (SSSR count). The van der Waals surface area contributed by atoms with E-state index in [-0.39, 0.29) is 18.0 Å². The first kappa shape index (κ1) is 18.3. The zero-order chi connectivity index (χ0) is 19.0. The summed E-state index contributed by atoms with van der Waals surface area (Å²) in [4.78, 5) is 33.0. The summed E-state index contributed by atoms with van der Waals surface area (Å²) in [5.41, 5.74) is 1.77. The number of thioether (sulfide) groups is 1. The van der Waals surface area contributed by atoms with Crippen molar-refractivity contribution in [2.24, 2.45) is 5.92 Å². The third-order valence-electron chi connectivity index (χ3n) is 4.95. The van der Waals surface area contributed by atoms with Crippen molar-refractivity contribution in [1.82, 2.24) is 9.55 Å². The molecular weight excluding hydrogens is 378 g/mol. The van der Waals surface area contributed by atoms with Gasteiger partial charge >= 0.3 is 0 Å². The number of amides is 1. The SMILES string of the molecule is CSc1cccc(NC(=O)Cn2cnc3sc4c(c3c2=O)CC[C@H](C)C4)c1. The number of nitrogens with one attached hydrogen (secondary N) is 1. The molecule has 0 radical (unpaired) electrons. The first-order chi connectivity index (χ1) is 13.0. The van der Waals surface area contributed by atoms with Crippen molar-refractivity contribution in [1.29, 1.82) is 0 Å². The molecule has 0 saturated heterocycles. The van der Waals surface area contributed by atoms with Gasteiger partial charge < -0.3 is 5.32 Å². The van der Waals surface area contributed by atoms with E-state index in [1.165, 1.54) is 15.8 Å². The fourth-order valence-corrected chi connectivity index (χ4v) is 5.34. The summed E-state index contributed by atoms with van der Waals surface area (Å²) in [5.74, 6) is 0.421. The number of anilines is 1. The van der Waals surface area contributed by atoms with Gasteiger partial charge in [0.25, 0.3) is 5.56 Å². The number of thiophene rings is 1. The second-order valence-corrected chi connectivity index (χ2v) is 8.95. The number of fused-ring (bicyclic) bond motifs is 3. The number of benzene rings is 1. The average molecular weight is 400 g/mol. The van der Waals surface area contributed by atoms with Crippen LogP contribution < -0.4 is 10.9 Å². The molecule has 5 nitrogen and oxygen atoms in total. The van der Waals surface area contributed by atoms with E-state index in [9.17, 15) is 9.59 Å². The van der Waals surface area contributed by atoms with Gasteiger partial charge in [0.05, 0.1) is 11.7 Å². The summed E-state index contributed by atoms with van der Waals surface area (Å²) in [5, 5.41) is 3.57. The van der Waals surface area contributed by atoms with Crippen molar-refractivity contribution in [3.05, 3.63) is 51.4 Å². The van der Waals surface area contributed by atoms with Crippen molar-refractivity contribution < 1.29 is 4.79 Å². The van der Waals surface area contributed by atoms with E-state index in [0.717, 1.165) is 40.2 Å². The molecule has 2 aromatic heterocycles. The molecule has 0 aliphatic heterocycles. The van der Waals surface area contributed by atoms with E-state index < -0.39 is 0 Å². The van der Waals surface area contributed by atoms with Crippen molar-refractivity contribution in [2.75, 3.05) is 11.6 Å². The Labute approximate surface area is 165 Å². The summed E-state index contributed by atoms with van der Waals surface area (Å²) in [6.45, 7) is 2.21. The number of rotatable bonds is 4. The fourth-order valence-electron chi connectivity index (χ4n) is 3.53. The van der Waals surface area contributed by atoms with Crippen LogP contribution >= 0.6 is 23.1 Å². The fraction of sp³-hybridized carbons (Fsp3) is 0.350. The molecule has 1 aliphatic rings. The molecule has 1 aliphatic carbocycles. The Hall–Kier alpha value is -2.12. The smallest absolute Gasteiger partial charge is 0.262 e. The highest BCUT2D eigenvalue weighted by molar-refractivity contribution is 7.98. The molecule has 7 heteroatoms. The van der Waals surface area contributed by atoms with Gasteiger partial charge in [-0.15, -0.1) is 23.1 Å². The Kier molecular flexibility index (Phi) is 5.06. The van der Waals surface area contributed by atoms with Gasteiger partial charge in [0, 0.05) is 15.5 Å². The number of aryl methyl sites for hydroxylation is 1. The van der Waals surface area contributed by atoms with E-state index in [2.05, 4.69) is 17.2 Å². The number of aromatic nitrogens is 2. The van der Waals surface area contributed by atoms with Gasteiger partial charge in [0.1, 0.15) is 11.4 Å². The van der Waals surface area contributed by atoms with Crippen LogP contribution in [0.5, 0.6) is 0 Å². The Morgan fingerprint density at radius 2 is 2.30 bits per heavy atom. The van der Waals surface area contributed by atoms with E-state index in [0.29, 0.717) is 11.3 Å². The van der Waals surface area contributed by atoms with Crippen LogP contribution in [0.3, 0.4) is 0 Å². The molecule has 1 N–H and O–H groups in total. The van der Waals surface area contributed by atoms with E-state index in [4.69, 9.17) is 0 Å².